The SMILES string of the molecule is O=C(COc1ccccc1[N+](=O)[O-])Oc1ccc(Cl)c2ccccc12. The molecule has 0 spiro atoms. The number of ether oxygens (including phenoxy) is 2. The van der Waals surface area contributed by atoms with E-state index in [-0.39, 0.29) is 11.4 Å². The number of hydrogen-bond donors (Lipinski definition) is 0. The first-order valence-electron chi connectivity index (χ1n) is 7.30. The molecule has 3 aromatic rings. The fourth-order valence-corrected chi connectivity index (χ4v) is 2.57. The van der Waals surface area contributed by atoms with Crippen LogP contribution >= 0.6 is 11.6 Å². The molecule has 0 aliphatic carbocycles. The lowest BCUT2D eigenvalue weighted by Gasteiger charge is -2.10. The second kappa shape index (κ2) is 7.19. The van der Waals surface area contributed by atoms with E-state index in [0.717, 1.165) is 5.39 Å². The van der Waals surface area contributed by atoms with E-state index in [1.807, 2.05) is 12.1 Å². The van der Waals surface area contributed by atoms with Crippen molar-refractivity contribution < 1.29 is 19.2 Å². The van der Waals surface area contributed by atoms with Crippen LogP contribution in [-0.2, 0) is 4.79 Å². The standard InChI is InChI=1S/C18H12ClNO5/c19-14-9-10-16(13-6-2-1-5-12(13)14)25-18(21)11-24-17-8-4-3-7-15(17)20(22)23/h1-10H,11H2. The first kappa shape index (κ1) is 16.7. The molecule has 0 aromatic heterocycles. The number of hydrogen-bond acceptors (Lipinski definition) is 5. The Kier molecular flexibility index (Phi) is 4.81. The number of nitro groups is 1. The summed E-state index contributed by atoms with van der Waals surface area (Å²) in [6, 6.07) is 16.3. The highest BCUT2D eigenvalue weighted by Crippen LogP contribution is 2.31. The number of rotatable bonds is 5. The summed E-state index contributed by atoms with van der Waals surface area (Å²) in [5.41, 5.74) is -0.216. The molecule has 0 saturated carbocycles. The Morgan fingerprint density at radius 3 is 2.40 bits per heavy atom. The minimum atomic E-state index is -0.675. The van der Waals surface area contributed by atoms with Crippen molar-refractivity contribution in [2.75, 3.05) is 6.61 Å². The minimum Gasteiger partial charge on any atom is -0.475 e. The Labute approximate surface area is 147 Å². The van der Waals surface area contributed by atoms with Crippen LogP contribution in [0.3, 0.4) is 0 Å². The third-order valence-corrected chi connectivity index (χ3v) is 3.79. The van der Waals surface area contributed by atoms with Crippen molar-refractivity contribution in [1.82, 2.24) is 0 Å². The van der Waals surface area contributed by atoms with Gasteiger partial charge in [-0.25, -0.2) is 4.79 Å². The van der Waals surface area contributed by atoms with E-state index in [2.05, 4.69) is 0 Å². The maximum Gasteiger partial charge on any atom is 0.349 e. The molecule has 25 heavy (non-hydrogen) atoms. The molecule has 0 atom stereocenters. The quantitative estimate of drug-likeness (QED) is 0.293. The van der Waals surface area contributed by atoms with Crippen LogP contribution in [0.5, 0.6) is 11.5 Å². The molecule has 3 rings (SSSR count). The summed E-state index contributed by atoms with van der Waals surface area (Å²) in [7, 11) is 0. The highest BCUT2D eigenvalue weighted by Gasteiger charge is 2.16. The van der Waals surface area contributed by atoms with Gasteiger partial charge in [-0.15, -0.1) is 0 Å². The maximum absolute atomic E-state index is 12.0. The van der Waals surface area contributed by atoms with Crippen molar-refractivity contribution in [2.45, 2.75) is 0 Å². The van der Waals surface area contributed by atoms with Gasteiger partial charge in [0.2, 0.25) is 0 Å². The molecule has 0 aliphatic rings. The monoisotopic (exact) mass is 357 g/mol. The molecule has 7 heteroatoms. The summed E-state index contributed by atoms with van der Waals surface area (Å²) in [5.74, 6) is -0.327. The number of carbonyl (C=O) groups is 1. The Hall–Kier alpha value is -3.12. The number of halogens is 1. The van der Waals surface area contributed by atoms with Crippen LogP contribution in [0.2, 0.25) is 5.02 Å². The molecule has 0 unspecified atom stereocenters. The lowest BCUT2D eigenvalue weighted by Crippen LogP contribution is -2.18. The van der Waals surface area contributed by atoms with Crippen molar-refractivity contribution >= 4 is 34.0 Å². The Bertz CT molecular complexity index is 957. The zero-order chi connectivity index (χ0) is 17.8. The highest BCUT2D eigenvalue weighted by atomic mass is 35.5. The summed E-state index contributed by atoms with van der Waals surface area (Å²) in [6.45, 7) is -0.457. The lowest BCUT2D eigenvalue weighted by molar-refractivity contribution is -0.385. The smallest absolute Gasteiger partial charge is 0.349 e. The van der Waals surface area contributed by atoms with E-state index >= 15 is 0 Å². The number of para-hydroxylation sites is 2. The molecular formula is C18H12ClNO5. The Morgan fingerprint density at radius 2 is 1.64 bits per heavy atom. The average Bonchev–Trinajstić information content (AvgIpc) is 2.63. The van der Waals surface area contributed by atoms with Crippen molar-refractivity contribution in [3.05, 3.63) is 75.8 Å². The largest absolute Gasteiger partial charge is 0.475 e. The number of fused-ring (bicyclic) bond motifs is 1. The van der Waals surface area contributed by atoms with Gasteiger partial charge in [-0.3, -0.25) is 10.1 Å². The van der Waals surface area contributed by atoms with Crippen molar-refractivity contribution in [3.8, 4) is 11.5 Å². The second-order valence-electron chi connectivity index (χ2n) is 5.08. The number of esters is 1. The molecule has 0 fully saturated rings. The lowest BCUT2D eigenvalue weighted by atomic mass is 10.1. The van der Waals surface area contributed by atoms with E-state index in [1.54, 1.807) is 30.3 Å². The van der Waals surface area contributed by atoms with Gasteiger partial charge in [0, 0.05) is 21.9 Å². The normalized spacial score (nSPS) is 10.4. The predicted molar refractivity (Wildman–Crippen MR) is 93.2 cm³/mol. The molecule has 0 heterocycles. The van der Waals surface area contributed by atoms with Crippen LogP contribution in [0.25, 0.3) is 10.8 Å². The van der Waals surface area contributed by atoms with Gasteiger partial charge >= 0.3 is 11.7 Å². The van der Waals surface area contributed by atoms with Crippen molar-refractivity contribution in [3.63, 3.8) is 0 Å². The molecule has 0 aliphatic heterocycles. The topological polar surface area (TPSA) is 78.7 Å². The number of nitrogens with zero attached hydrogens (tertiary/aromatic N) is 1. The molecule has 3 aromatic carbocycles. The predicted octanol–water partition coefficient (Wildman–Crippen LogP) is 4.39. The van der Waals surface area contributed by atoms with E-state index in [9.17, 15) is 14.9 Å². The fourth-order valence-electron chi connectivity index (χ4n) is 2.34. The van der Waals surface area contributed by atoms with Gasteiger partial charge in [-0.2, -0.15) is 0 Å². The van der Waals surface area contributed by atoms with Crippen LogP contribution in [0.1, 0.15) is 0 Å². The molecule has 126 valence electrons. The van der Waals surface area contributed by atoms with Gasteiger partial charge in [-0.05, 0) is 18.2 Å². The van der Waals surface area contributed by atoms with Crippen LogP contribution < -0.4 is 9.47 Å². The van der Waals surface area contributed by atoms with Crippen LogP contribution in [-0.4, -0.2) is 17.5 Å². The van der Waals surface area contributed by atoms with Gasteiger partial charge < -0.3 is 9.47 Å². The molecule has 0 saturated heterocycles. The van der Waals surface area contributed by atoms with E-state index in [0.29, 0.717) is 16.2 Å². The van der Waals surface area contributed by atoms with Crippen LogP contribution in [0.4, 0.5) is 5.69 Å². The molecular weight excluding hydrogens is 346 g/mol. The highest BCUT2D eigenvalue weighted by molar-refractivity contribution is 6.35. The number of benzene rings is 3. The van der Waals surface area contributed by atoms with E-state index in [4.69, 9.17) is 21.1 Å². The van der Waals surface area contributed by atoms with Gasteiger partial charge in [0.15, 0.2) is 12.4 Å². The van der Waals surface area contributed by atoms with E-state index in [1.165, 1.54) is 18.2 Å². The van der Waals surface area contributed by atoms with Crippen LogP contribution in [0.15, 0.2) is 60.7 Å². The summed E-state index contributed by atoms with van der Waals surface area (Å²) >= 11 is 6.12. The maximum atomic E-state index is 12.0. The third-order valence-electron chi connectivity index (χ3n) is 3.46. The Morgan fingerprint density at radius 1 is 0.960 bits per heavy atom. The molecule has 6 nitrogen and oxygen atoms in total. The zero-order valence-electron chi connectivity index (χ0n) is 12.8. The van der Waals surface area contributed by atoms with Gasteiger partial charge in [0.25, 0.3) is 0 Å². The Balaban J connectivity index is 1.74. The number of nitro benzene ring substituents is 1. The summed E-state index contributed by atoms with van der Waals surface area (Å²) in [6.07, 6.45) is 0. The second-order valence-corrected chi connectivity index (χ2v) is 5.49. The van der Waals surface area contributed by atoms with Crippen LogP contribution in [0, 0.1) is 10.1 Å². The van der Waals surface area contributed by atoms with Gasteiger partial charge in [0.05, 0.1) is 4.92 Å². The minimum absolute atomic E-state index is 0.00501. The van der Waals surface area contributed by atoms with Crippen molar-refractivity contribution in [2.24, 2.45) is 0 Å². The first-order chi connectivity index (χ1) is 12.1. The summed E-state index contributed by atoms with van der Waals surface area (Å²) < 4.78 is 10.5. The van der Waals surface area contributed by atoms with Gasteiger partial charge in [-0.1, -0.05) is 48.0 Å². The molecule has 0 bridgehead atoms. The van der Waals surface area contributed by atoms with Crippen molar-refractivity contribution in [1.29, 1.82) is 0 Å². The summed E-state index contributed by atoms with van der Waals surface area (Å²) in [4.78, 5) is 22.4. The zero-order valence-corrected chi connectivity index (χ0v) is 13.6. The third kappa shape index (κ3) is 3.70. The molecule has 0 radical (unpaired) electrons. The average molecular weight is 358 g/mol. The number of carbonyl (C=O) groups excluding carboxylic acids is 1. The summed E-state index contributed by atoms with van der Waals surface area (Å²) in [5, 5.41) is 12.9. The fraction of sp³-hybridized carbons (Fsp3) is 0.0556. The molecule has 0 N–H and O–H groups in total. The first-order valence-corrected chi connectivity index (χ1v) is 7.68. The molecule has 0 amide bonds. The van der Waals surface area contributed by atoms with E-state index < -0.39 is 17.5 Å². The van der Waals surface area contributed by atoms with Gasteiger partial charge in [0.1, 0.15) is 5.75 Å².